The Morgan fingerprint density at radius 1 is 0.968 bits per heavy atom. The van der Waals surface area contributed by atoms with E-state index in [9.17, 15) is 13.2 Å². The van der Waals surface area contributed by atoms with Crippen LogP contribution in [0.3, 0.4) is 0 Å². The third-order valence-electron chi connectivity index (χ3n) is 4.94. The molecule has 3 aromatic rings. The minimum Gasteiger partial charge on any atom is -0.351 e. The van der Waals surface area contributed by atoms with E-state index in [1.165, 1.54) is 4.31 Å². The van der Waals surface area contributed by atoms with Crippen molar-refractivity contribution in [3.8, 4) is 0 Å². The van der Waals surface area contributed by atoms with Gasteiger partial charge in [0.05, 0.1) is 11.4 Å². The minimum absolute atomic E-state index is 0.107. The highest BCUT2D eigenvalue weighted by atomic mass is 32.2. The maximum absolute atomic E-state index is 13.6. The number of nitrogens with one attached hydrogen (secondary N) is 1. The Bertz CT molecular complexity index is 1120. The Balaban J connectivity index is 1.88. The summed E-state index contributed by atoms with van der Waals surface area (Å²) in [7, 11) is -3.90. The van der Waals surface area contributed by atoms with Gasteiger partial charge in [0.2, 0.25) is 15.9 Å². The minimum atomic E-state index is -3.90. The van der Waals surface area contributed by atoms with Crippen molar-refractivity contribution >= 4 is 15.9 Å². The van der Waals surface area contributed by atoms with E-state index >= 15 is 0 Å². The summed E-state index contributed by atoms with van der Waals surface area (Å²) in [5.41, 5.74) is 4.00. The fourth-order valence-corrected chi connectivity index (χ4v) is 5.43. The largest absolute Gasteiger partial charge is 0.351 e. The lowest BCUT2D eigenvalue weighted by molar-refractivity contribution is -0.121. The van der Waals surface area contributed by atoms with Crippen LogP contribution in [-0.4, -0.2) is 30.2 Å². The number of carbonyl (C=O) groups excluding carboxylic acids is 1. The molecule has 1 aromatic heterocycles. The van der Waals surface area contributed by atoms with Gasteiger partial charge in [-0.15, -0.1) is 0 Å². The molecule has 6 nitrogen and oxygen atoms in total. The molecule has 7 heteroatoms. The third kappa shape index (κ3) is 5.77. The van der Waals surface area contributed by atoms with Gasteiger partial charge in [-0.1, -0.05) is 54.1 Å². The van der Waals surface area contributed by atoms with Crippen LogP contribution in [0, 0.1) is 20.8 Å². The number of sulfonamides is 1. The SMILES string of the molecule is Cc1cc(C)c(S(=O)(=O)N(CC(=O)NCc2cccnc2)Cc2ccccc2)c(C)c1. The number of pyridine rings is 1. The Labute approximate surface area is 184 Å². The second-order valence-corrected chi connectivity index (χ2v) is 9.50. The van der Waals surface area contributed by atoms with Crippen LogP contribution in [0.5, 0.6) is 0 Å². The summed E-state index contributed by atoms with van der Waals surface area (Å²) in [4.78, 5) is 17.0. The molecule has 1 amide bonds. The molecule has 1 N–H and O–H groups in total. The van der Waals surface area contributed by atoms with Gasteiger partial charge in [0, 0.05) is 25.5 Å². The molecule has 1 heterocycles. The summed E-state index contributed by atoms with van der Waals surface area (Å²) in [6, 6.07) is 16.6. The van der Waals surface area contributed by atoms with Crippen molar-refractivity contribution in [2.24, 2.45) is 0 Å². The van der Waals surface area contributed by atoms with Crippen molar-refractivity contribution in [3.05, 3.63) is 94.8 Å². The van der Waals surface area contributed by atoms with E-state index in [1.807, 2.05) is 55.5 Å². The number of rotatable bonds is 8. The number of benzene rings is 2. The van der Waals surface area contributed by atoms with Gasteiger partial charge in [-0.2, -0.15) is 4.31 Å². The average Bonchev–Trinajstić information content (AvgIpc) is 2.72. The maximum atomic E-state index is 13.6. The molecule has 0 spiro atoms. The molecule has 0 aliphatic rings. The summed E-state index contributed by atoms with van der Waals surface area (Å²) in [5, 5.41) is 2.79. The van der Waals surface area contributed by atoms with E-state index in [2.05, 4.69) is 10.3 Å². The molecule has 0 saturated carbocycles. The second-order valence-electron chi connectivity index (χ2n) is 7.62. The Morgan fingerprint density at radius 2 is 1.61 bits per heavy atom. The zero-order valence-electron chi connectivity index (χ0n) is 18.0. The normalized spacial score (nSPS) is 11.5. The van der Waals surface area contributed by atoms with Gasteiger partial charge in [0.1, 0.15) is 0 Å². The number of hydrogen-bond acceptors (Lipinski definition) is 4. The van der Waals surface area contributed by atoms with E-state index in [4.69, 9.17) is 0 Å². The number of hydrogen-bond donors (Lipinski definition) is 1. The first-order chi connectivity index (χ1) is 14.8. The standard InChI is InChI=1S/C24H27N3O3S/c1-18-12-19(2)24(20(3)13-18)31(29,30)27(16-21-8-5-4-6-9-21)17-23(28)26-15-22-10-7-11-25-14-22/h4-14H,15-17H2,1-3H3,(H,26,28). The van der Waals surface area contributed by atoms with Crippen LogP contribution in [0.1, 0.15) is 27.8 Å². The van der Waals surface area contributed by atoms with Gasteiger partial charge in [-0.3, -0.25) is 9.78 Å². The van der Waals surface area contributed by atoms with Crippen molar-refractivity contribution in [1.29, 1.82) is 0 Å². The van der Waals surface area contributed by atoms with Crippen molar-refractivity contribution in [2.75, 3.05) is 6.54 Å². The highest BCUT2D eigenvalue weighted by Gasteiger charge is 2.29. The van der Waals surface area contributed by atoms with Crippen LogP contribution in [0.4, 0.5) is 0 Å². The van der Waals surface area contributed by atoms with E-state index < -0.39 is 10.0 Å². The predicted octanol–water partition coefficient (Wildman–Crippen LogP) is 3.51. The lowest BCUT2D eigenvalue weighted by Crippen LogP contribution is -2.40. The molecule has 0 fully saturated rings. The molecule has 31 heavy (non-hydrogen) atoms. The molecule has 0 bridgehead atoms. The van der Waals surface area contributed by atoms with Gasteiger partial charge < -0.3 is 5.32 Å². The van der Waals surface area contributed by atoms with Gasteiger partial charge in [0.15, 0.2) is 0 Å². The van der Waals surface area contributed by atoms with Gasteiger partial charge in [0.25, 0.3) is 0 Å². The molecule has 0 aliphatic heterocycles. The fourth-order valence-electron chi connectivity index (χ4n) is 3.64. The van der Waals surface area contributed by atoms with Crippen LogP contribution in [0.2, 0.25) is 0 Å². The van der Waals surface area contributed by atoms with Crippen LogP contribution in [0.15, 0.2) is 71.9 Å². The van der Waals surface area contributed by atoms with E-state index in [-0.39, 0.29) is 30.4 Å². The number of aryl methyl sites for hydroxylation is 3. The summed E-state index contributed by atoms with van der Waals surface area (Å²) in [5.74, 6) is -0.370. The van der Waals surface area contributed by atoms with E-state index in [0.717, 1.165) is 16.7 Å². The molecule has 0 radical (unpaired) electrons. The summed E-state index contributed by atoms with van der Waals surface area (Å²) in [6.07, 6.45) is 3.32. The first-order valence-electron chi connectivity index (χ1n) is 10.0. The van der Waals surface area contributed by atoms with Crippen molar-refractivity contribution < 1.29 is 13.2 Å². The van der Waals surface area contributed by atoms with Gasteiger partial charge >= 0.3 is 0 Å². The quantitative estimate of drug-likeness (QED) is 0.585. The molecular formula is C24H27N3O3S. The maximum Gasteiger partial charge on any atom is 0.244 e. The molecular weight excluding hydrogens is 410 g/mol. The second kappa shape index (κ2) is 9.85. The van der Waals surface area contributed by atoms with Crippen LogP contribution in [0.25, 0.3) is 0 Å². The Hall–Kier alpha value is -3.03. The number of amides is 1. The Kier molecular flexibility index (Phi) is 7.20. The van der Waals surface area contributed by atoms with Gasteiger partial charge in [-0.25, -0.2) is 8.42 Å². The first kappa shape index (κ1) is 22.7. The summed E-state index contributed by atoms with van der Waals surface area (Å²) < 4.78 is 28.5. The number of nitrogens with zero attached hydrogens (tertiary/aromatic N) is 2. The fraction of sp³-hybridized carbons (Fsp3) is 0.250. The lowest BCUT2D eigenvalue weighted by atomic mass is 10.1. The Morgan fingerprint density at radius 3 is 2.23 bits per heavy atom. The van der Waals surface area contributed by atoms with Crippen LogP contribution >= 0.6 is 0 Å². The summed E-state index contributed by atoms with van der Waals surface area (Å²) in [6.45, 7) is 5.63. The highest BCUT2D eigenvalue weighted by molar-refractivity contribution is 7.89. The van der Waals surface area contributed by atoms with E-state index in [0.29, 0.717) is 11.1 Å². The zero-order valence-corrected chi connectivity index (χ0v) is 18.8. The van der Waals surface area contributed by atoms with Crippen molar-refractivity contribution in [3.63, 3.8) is 0 Å². The molecule has 0 atom stereocenters. The van der Waals surface area contributed by atoms with Crippen LogP contribution < -0.4 is 5.32 Å². The molecule has 3 rings (SSSR count). The summed E-state index contributed by atoms with van der Waals surface area (Å²) >= 11 is 0. The van der Waals surface area contributed by atoms with Crippen LogP contribution in [-0.2, 0) is 27.9 Å². The molecule has 162 valence electrons. The molecule has 0 aliphatic carbocycles. The highest BCUT2D eigenvalue weighted by Crippen LogP contribution is 2.26. The van der Waals surface area contributed by atoms with Crippen molar-refractivity contribution in [2.45, 2.75) is 38.8 Å². The topological polar surface area (TPSA) is 79.4 Å². The predicted molar refractivity (Wildman–Crippen MR) is 121 cm³/mol. The lowest BCUT2D eigenvalue weighted by Gasteiger charge is -2.24. The van der Waals surface area contributed by atoms with Crippen molar-refractivity contribution in [1.82, 2.24) is 14.6 Å². The average molecular weight is 438 g/mol. The monoisotopic (exact) mass is 437 g/mol. The zero-order chi connectivity index (χ0) is 22.4. The number of aromatic nitrogens is 1. The first-order valence-corrected chi connectivity index (χ1v) is 11.5. The number of carbonyl (C=O) groups is 1. The smallest absolute Gasteiger partial charge is 0.244 e. The van der Waals surface area contributed by atoms with Gasteiger partial charge in [-0.05, 0) is 49.1 Å². The molecule has 0 saturated heterocycles. The molecule has 0 unspecified atom stereocenters. The third-order valence-corrected chi connectivity index (χ3v) is 7.03. The van der Waals surface area contributed by atoms with E-state index in [1.54, 1.807) is 32.3 Å². The molecule has 2 aromatic carbocycles.